The van der Waals surface area contributed by atoms with Crippen molar-refractivity contribution in [2.45, 2.75) is 0 Å². The van der Waals surface area contributed by atoms with Crippen molar-refractivity contribution in [1.29, 1.82) is 0 Å². The summed E-state index contributed by atoms with van der Waals surface area (Å²) in [7, 11) is 0. The van der Waals surface area contributed by atoms with Gasteiger partial charge in [0.15, 0.2) is 0 Å². The fourth-order valence-electron chi connectivity index (χ4n) is 0. The SMILES string of the molecule is [Co+2].[Co+2].[Co+2].[Fe].[Fe].[Fe].[O-2].[O-2].[OH-].[OH-]. The fourth-order valence-corrected chi connectivity index (χ4v) is 0. The summed E-state index contributed by atoms with van der Waals surface area (Å²) in [6.45, 7) is 0. The molecule has 0 aliphatic carbocycles. The van der Waals surface area contributed by atoms with Gasteiger partial charge in [0, 0.05) is 51.2 Å². The zero-order valence-electron chi connectivity index (χ0n) is 3.77. The maximum absolute atomic E-state index is 0. The predicted octanol–water partition coefficient (Wildman–Crippen LogP) is -0.606. The third-order valence-corrected chi connectivity index (χ3v) is 0. The summed E-state index contributed by atoms with van der Waals surface area (Å²) < 4.78 is 0. The number of hydrogen-bond donors (Lipinski definition) is 0. The van der Waals surface area contributed by atoms with Gasteiger partial charge in [-0.25, -0.2) is 0 Å². The number of rotatable bonds is 0. The second-order valence-electron chi connectivity index (χ2n) is 0. The molecule has 0 aromatic rings. The van der Waals surface area contributed by atoms with E-state index in [0.29, 0.717) is 0 Å². The first-order valence-electron chi connectivity index (χ1n) is 0. The molecule has 10 heavy (non-hydrogen) atoms. The van der Waals surface area contributed by atoms with Crippen molar-refractivity contribution >= 4 is 0 Å². The van der Waals surface area contributed by atoms with E-state index >= 15 is 0 Å². The van der Waals surface area contributed by atoms with Crippen molar-refractivity contribution in [2.24, 2.45) is 0 Å². The smallest absolute Gasteiger partial charge is 2.00 e. The second-order valence-corrected chi connectivity index (χ2v) is 0. The molecule has 77 valence electrons. The molecule has 0 saturated heterocycles. The average molecular weight is 410 g/mol. The molecular weight excluding hydrogens is 408 g/mol. The molecule has 0 aliphatic heterocycles. The first-order chi connectivity index (χ1) is 0. The summed E-state index contributed by atoms with van der Waals surface area (Å²) in [5.41, 5.74) is 0. The van der Waals surface area contributed by atoms with E-state index in [4.69, 9.17) is 0 Å². The summed E-state index contributed by atoms with van der Waals surface area (Å²) in [4.78, 5) is 0. The molecule has 0 bridgehead atoms. The van der Waals surface area contributed by atoms with Gasteiger partial charge >= 0.3 is 50.3 Å². The van der Waals surface area contributed by atoms with E-state index in [9.17, 15) is 0 Å². The van der Waals surface area contributed by atoms with Crippen LogP contribution in [0.1, 0.15) is 0 Å². The summed E-state index contributed by atoms with van der Waals surface area (Å²) in [5.74, 6) is 0. The average Bonchev–Trinajstić information content (AvgIpc) is 0. The van der Waals surface area contributed by atoms with Gasteiger partial charge in [0.25, 0.3) is 0 Å². The third-order valence-electron chi connectivity index (χ3n) is 0. The molecule has 0 aromatic carbocycles. The molecule has 0 aromatic heterocycles. The topological polar surface area (TPSA) is 117 Å². The van der Waals surface area contributed by atoms with Crippen LogP contribution in [0.15, 0.2) is 0 Å². The Bertz CT molecular complexity index is 15.7. The summed E-state index contributed by atoms with van der Waals surface area (Å²) in [6.07, 6.45) is 0. The fraction of sp³-hybridized carbons (Fsp3) is 0. The van der Waals surface area contributed by atoms with Crippen LogP contribution in [0.2, 0.25) is 0 Å². The van der Waals surface area contributed by atoms with E-state index in [0.717, 1.165) is 0 Å². The standard InChI is InChI=1S/3Co.3Fe.2H2O.2O/h;;;;;;2*1H2;;/q3*+2;;;;;;2*-2/p-2. The Labute approximate surface area is 122 Å². The minimum absolute atomic E-state index is 0. The second kappa shape index (κ2) is 167. The Balaban J connectivity index is 0. The van der Waals surface area contributed by atoms with E-state index in [1.54, 1.807) is 0 Å². The maximum Gasteiger partial charge on any atom is 2.00 e. The van der Waals surface area contributed by atoms with Crippen molar-refractivity contribution in [3.63, 3.8) is 0 Å². The molecule has 0 amide bonds. The van der Waals surface area contributed by atoms with Crippen LogP contribution in [0, 0.1) is 0 Å². The molecule has 0 saturated carbocycles. The van der Waals surface area contributed by atoms with Gasteiger partial charge in [-0.2, -0.15) is 0 Å². The Morgan fingerprint density at radius 2 is 0.400 bits per heavy atom. The zero-order valence-corrected chi connectivity index (χ0v) is 10.2. The molecule has 4 nitrogen and oxygen atoms in total. The Kier molecular flexibility index (Phi) is 3600. The molecule has 0 fully saturated rings. The minimum atomic E-state index is 0. The predicted molar refractivity (Wildman–Crippen MR) is 5.24 cm³/mol. The largest absolute Gasteiger partial charge is 2.00 e. The van der Waals surface area contributed by atoms with Crippen molar-refractivity contribution in [3.05, 3.63) is 0 Å². The molecule has 0 heterocycles. The van der Waals surface area contributed by atoms with Crippen LogP contribution in [0.5, 0.6) is 0 Å². The van der Waals surface area contributed by atoms with Crippen molar-refractivity contribution < 1.29 is 123 Å². The van der Waals surface area contributed by atoms with Crippen LogP contribution in [0.3, 0.4) is 0 Å². The van der Waals surface area contributed by atoms with E-state index in [1.807, 2.05) is 0 Å². The monoisotopic (exact) mass is 411 g/mol. The summed E-state index contributed by atoms with van der Waals surface area (Å²) in [6, 6.07) is 0. The van der Waals surface area contributed by atoms with Crippen LogP contribution in [0.25, 0.3) is 0 Å². The van der Waals surface area contributed by atoms with Crippen LogP contribution in [-0.2, 0) is 112 Å². The van der Waals surface area contributed by atoms with Crippen molar-refractivity contribution in [2.75, 3.05) is 0 Å². The van der Waals surface area contributed by atoms with Gasteiger partial charge < -0.3 is 21.9 Å². The third kappa shape index (κ3) is 126. The molecule has 2 N–H and O–H groups in total. The Hall–Kier alpha value is 2.92. The normalized spacial score (nSPS) is 0. The molecule has 0 spiro atoms. The van der Waals surface area contributed by atoms with E-state index in [1.165, 1.54) is 0 Å². The van der Waals surface area contributed by atoms with Crippen LogP contribution in [-0.4, -0.2) is 11.0 Å². The first-order valence-corrected chi connectivity index (χ1v) is 0. The summed E-state index contributed by atoms with van der Waals surface area (Å²) in [5, 5.41) is 0. The van der Waals surface area contributed by atoms with Gasteiger partial charge in [-0.1, -0.05) is 0 Å². The van der Waals surface area contributed by atoms with Crippen molar-refractivity contribution in [3.8, 4) is 0 Å². The maximum atomic E-state index is 0. The minimum Gasteiger partial charge on any atom is -2.00 e. The van der Waals surface area contributed by atoms with E-state index in [2.05, 4.69) is 0 Å². The van der Waals surface area contributed by atoms with Crippen LogP contribution < -0.4 is 0 Å². The van der Waals surface area contributed by atoms with Gasteiger partial charge in [0.05, 0.1) is 0 Å². The van der Waals surface area contributed by atoms with Crippen LogP contribution in [0.4, 0.5) is 0 Å². The Morgan fingerprint density at radius 3 is 0.400 bits per heavy atom. The zero-order chi connectivity index (χ0) is 0. The summed E-state index contributed by atoms with van der Waals surface area (Å²) >= 11 is 0. The first kappa shape index (κ1) is 215. The molecule has 0 unspecified atom stereocenters. The molecule has 0 rings (SSSR count). The van der Waals surface area contributed by atoms with Crippen molar-refractivity contribution in [1.82, 2.24) is 0 Å². The number of hydrogen-bond acceptors (Lipinski definition) is 2. The van der Waals surface area contributed by atoms with E-state index in [-0.39, 0.29) is 123 Å². The Morgan fingerprint density at radius 1 is 0.400 bits per heavy atom. The molecule has 3 radical (unpaired) electrons. The van der Waals surface area contributed by atoms with Crippen LogP contribution >= 0.6 is 0 Å². The molecule has 0 atom stereocenters. The van der Waals surface area contributed by atoms with Gasteiger partial charge in [0.1, 0.15) is 0 Å². The van der Waals surface area contributed by atoms with Gasteiger partial charge in [-0.05, 0) is 0 Å². The van der Waals surface area contributed by atoms with Gasteiger partial charge in [-0.15, -0.1) is 0 Å². The van der Waals surface area contributed by atoms with Gasteiger partial charge in [-0.3, -0.25) is 0 Å². The quantitative estimate of drug-likeness (QED) is 0.496. The molecular formula is H2Co3Fe3O4. The molecule has 10 heteroatoms. The van der Waals surface area contributed by atoms with Gasteiger partial charge in [0.2, 0.25) is 0 Å². The van der Waals surface area contributed by atoms with E-state index < -0.39 is 0 Å². The molecule has 0 aliphatic rings.